The molecule has 0 bridgehead atoms. The molecule has 3 nitrogen and oxygen atoms in total. The molecule has 2 aromatic carbocycles. The summed E-state index contributed by atoms with van der Waals surface area (Å²) in [5, 5.41) is 0. The van der Waals surface area contributed by atoms with E-state index in [0.717, 1.165) is 41.0 Å². The van der Waals surface area contributed by atoms with Crippen LogP contribution in [0.2, 0.25) is 0 Å². The maximum absolute atomic E-state index is 12.8. The van der Waals surface area contributed by atoms with Crippen LogP contribution in [-0.4, -0.2) is 26.5 Å². The molecule has 0 saturated heterocycles. The standard InChI is InChI=1S/C20H20F3NO2/c1-12(13-4-6-15(7-5-13)20(21,22)23)19-16-11-18(26-3)17(25-2)10-14(16)8-9-24-19/h4-7,10-12H,8-9H2,1-3H3/t12-/m1/s1. The Hall–Kier alpha value is -2.50. The van der Waals surface area contributed by atoms with E-state index in [9.17, 15) is 13.2 Å². The average Bonchev–Trinajstić information content (AvgIpc) is 2.65. The van der Waals surface area contributed by atoms with Gasteiger partial charge in [-0.1, -0.05) is 19.1 Å². The predicted molar refractivity (Wildman–Crippen MR) is 94.5 cm³/mol. The molecular formula is C20H20F3NO2. The van der Waals surface area contributed by atoms with Crippen LogP contribution in [0.5, 0.6) is 11.5 Å². The molecule has 0 unspecified atom stereocenters. The number of hydrogen-bond acceptors (Lipinski definition) is 3. The number of fused-ring (bicyclic) bond motifs is 1. The smallest absolute Gasteiger partial charge is 0.416 e. The predicted octanol–water partition coefficient (Wildman–Crippen LogP) is 4.87. The van der Waals surface area contributed by atoms with Crippen LogP contribution in [0, 0.1) is 0 Å². The molecule has 1 aliphatic heterocycles. The van der Waals surface area contributed by atoms with E-state index in [1.807, 2.05) is 19.1 Å². The number of halogens is 3. The van der Waals surface area contributed by atoms with Gasteiger partial charge in [-0.05, 0) is 41.8 Å². The summed E-state index contributed by atoms with van der Waals surface area (Å²) in [6.07, 6.45) is -3.54. The molecule has 0 aromatic heterocycles. The van der Waals surface area contributed by atoms with Gasteiger partial charge in [-0.3, -0.25) is 4.99 Å². The van der Waals surface area contributed by atoms with Gasteiger partial charge in [0.25, 0.3) is 0 Å². The van der Waals surface area contributed by atoms with Gasteiger partial charge < -0.3 is 9.47 Å². The number of ether oxygens (including phenoxy) is 2. The van der Waals surface area contributed by atoms with Crippen molar-refractivity contribution in [3.63, 3.8) is 0 Å². The van der Waals surface area contributed by atoms with Gasteiger partial charge in [-0.25, -0.2) is 0 Å². The molecule has 0 fully saturated rings. The Morgan fingerprint density at radius 3 is 2.19 bits per heavy atom. The Labute approximate surface area is 150 Å². The zero-order chi connectivity index (χ0) is 18.9. The fourth-order valence-electron chi connectivity index (χ4n) is 3.24. The molecule has 0 amide bonds. The quantitative estimate of drug-likeness (QED) is 0.776. The highest BCUT2D eigenvalue weighted by atomic mass is 19.4. The summed E-state index contributed by atoms with van der Waals surface area (Å²) in [4.78, 5) is 4.65. The van der Waals surface area contributed by atoms with Gasteiger partial charge in [0.1, 0.15) is 0 Å². The van der Waals surface area contributed by atoms with E-state index in [0.29, 0.717) is 18.0 Å². The first-order valence-electron chi connectivity index (χ1n) is 8.32. The molecular weight excluding hydrogens is 343 g/mol. The van der Waals surface area contributed by atoms with Crippen molar-refractivity contribution >= 4 is 5.71 Å². The van der Waals surface area contributed by atoms with Crippen LogP contribution in [-0.2, 0) is 12.6 Å². The van der Waals surface area contributed by atoms with Crippen molar-refractivity contribution in [1.29, 1.82) is 0 Å². The Kier molecular flexibility index (Phi) is 4.94. The largest absolute Gasteiger partial charge is 0.493 e. The Morgan fingerprint density at radius 2 is 1.62 bits per heavy atom. The zero-order valence-corrected chi connectivity index (χ0v) is 14.9. The van der Waals surface area contributed by atoms with Crippen LogP contribution in [0.3, 0.4) is 0 Å². The van der Waals surface area contributed by atoms with Gasteiger partial charge in [0.05, 0.1) is 19.8 Å². The van der Waals surface area contributed by atoms with E-state index in [1.165, 1.54) is 12.1 Å². The molecule has 6 heteroatoms. The lowest BCUT2D eigenvalue weighted by Gasteiger charge is -2.24. The molecule has 0 N–H and O–H groups in total. The second-order valence-electron chi connectivity index (χ2n) is 6.22. The zero-order valence-electron chi connectivity index (χ0n) is 14.9. The third kappa shape index (κ3) is 3.41. The Balaban J connectivity index is 1.96. The first-order valence-corrected chi connectivity index (χ1v) is 8.32. The number of nitrogens with zero attached hydrogens (tertiary/aromatic N) is 1. The molecule has 26 heavy (non-hydrogen) atoms. The minimum absolute atomic E-state index is 0.130. The van der Waals surface area contributed by atoms with E-state index >= 15 is 0 Å². The SMILES string of the molecule is COc1cc2c(cc1OC)C([C@H](C)c1ccc(C(F)(F)F)cc1)=NCC2. The lowest BCUT2D eigenvalue weighted by Crippen LogP contribution is -2.19. The molecule has 0 saturated carbocycles. The van der Waals surface area contributed by atoms with Crippen molar-refractivity contribution in [2.75, 3.05) is 20.8 Å². The van der Waals surface area contributed by atoms with Crippen LogP contribution in [0.15, 0.2) is 41.4 Å². The van der Waals surface area contributed by atoms with Crippen molar-refractivity contribution in [3.8, 4) is 11.5 Å². The summed E-state index contributed by atoms with van der Waals surface area (Å²) in [6, 6.07) is 9.11. The van der Waals surface area contributed by atoms with Crippen LogP contribution in [0.1, 0.15) is 35.1 Å². The minimum atomic E-state index is -4.33. The van der Waals surface area contributed by atoms with Gasteiger partial charge >= 0.3 is 6.18 Å². The van der Waals surface area contributed by atoms with E-state index in [1.54, 1.807) is 14.2 Å². The molecule has 0 spiro atoms. The highest BCUT2D eigenvalue weighted by molar-refractivity contribution is 6.07. The van der Waals surface area contributed by atoms with E-state index in [-0.39, 0.29) is 5.92 Å². The summed E-state index contributed by atoms with van der Waals surface area (Å²) in [5.74, 6) is 1.14. The van der Waals surface area contributed by atoms with Crippen molar-refractivity contribution in [1.82, 2.24) is 0 Å². The van der Waals surface area contributed by atoms with Gasteiger partial charge in [0, 0.05) is 23.7 Å². The molecule has 1 aliphatic rings. The number of methoxy groups -OCH3 is 2. The van der Waals surface area contributed by atoms with Crippen molar-refractivity contribution in [2.24, 2.45) is 4.99 Å². The molecule has 138 valence electrons. The summed E-state index contributed by atoms with van der Waals surface area (Å²) in [6.45, 7) is 2.59. The number of benzene rings is 2. The van der Waals surface area contributed by atoms with Crippen molar-refractivity contribution in [2.45, 2.75) is 25.4 Å². The fourth-order valence-corrected chi connectivity index (χ4v) is 3.24. The Morgan fingerprint density at radius 1 is 1.00 bits per heavy atom. The Bertz CT molecular complexity index is 826. The monoisotopic (exact) mass is 363 g/mol. The third-order valence-electron chi connectivity index (χ3n) is 4.70. The molecule has 1 atom stereocenters. The minimum Gasteiger partial charge on any atom is -0.493 e. The third-order valence-corrected chi connectivity index (χ3v) is 4.70. The molecule has 1 heterocycles. The van der Waals surface area contributed by atoms with Gasteiger partial charge in [0.15, 0.2) is 11.5 Å². The van der Waals surface area contributed by atoms with E-state index < -0.39 is 11.7 Å². The van der Waals surface area contributed by atoms with Crippen LogP contribution >= 0.6 is 0 Å². The number of hydrogen-bond donors (Lipinski definition) is 0. The second kappa shape index (κ2) is 7.02. The highest BCUT2D eigenvalue weighted by Crippen LogP contribution is 2.36. The van der Waals surface area contributed by atoms with Crippen LogP contribution in [0.4, 0.5) is 13.2 Å². The maximum Gasteiger partial charge on any atom is 0.416 e. The first-order chi connectivity index (χ1) is 12.3. The number of rotatable bonds is 4. The molecule has 2 aromatic rings. The summed E-state index contributed by atoms with van der Waals surface area (Å²) >= 11 is 0. The van der Waals surface area contributed by atoms with Crippen molar-refractivity contribution < 1.29 is 22.6 Å². The van der Waals surface area contributed by atoms with E-state index in [2.05, 4.69) is 4.99 Å². The van der Waals surface area contributed by atoms with Gasteiger partial charge in [-0.2, -0.15) is 13.2 Å². The number of aliphatic imine (C=N–C) groups is 1. The van der Waals surface area contributed by atoms with E-state index in [4.69, 9.17) is 9.47 Å². The average molecular weight is 363 g/mol. The molecule has 0 aliphatic carbocycles. The topological polar surface area (TPSA) is 30.8 Å². The summed E-state index contributed by atoms with van der Waals surface area (Å²) in [7, 11) is 3.16. The normalized spacial score (nSPS) is 15.1. The number of alkyl halides is 3. The lowest BCUT2D eigenvalue weighted by molar-refractivity contribution is -0.137. The molecule has 0 radical (unpaired) electrons. The summed E-state index contributed by atoms with van der Waals surface area (Å²) in [5.41, 5.74) is 3.06. The fraction of sp³-hybridized carbons (Fsp3) is 0.350. The molecule has 3 rings (SSSR count). The van der Waals surface area contributed by atoms with Gasteiger partial charge in [-0.15, -0.1) is 0 Å². The first kappa shape index (κ1) is 18.3. The van der Waals surface area contributed by atoms with Crippen LogP contribution in [0.25, 0.3) is 0 Å². The second-order valence-corrected chi connectivity index (χ2v) is 6.22. The van der Waals surface area contributed by atoms with Gasteiger partial charge in [0.2, 0.25) is 0 Å². The maximum atomic E-state index is 12.8. The highest BCUT2D eigenvalue weighted by Gasteiger charge is 2.30. The summed E-state index contributed by atoms with van der Waals surface area (Å²) < 4.78 is 49.1. The lowest BCUT2D eigenvalue weighted by atomic mass is 9.86. The van der Waals surface area contributed by atoms with Crippen molar-refractivity contribution in [3.05, 3.63) is 58.7 Å². The van der Waals surface area contributed by atoms with Crippen LogP contribution < -0.4 is 9.47 Å².